The quantitative estimate of drug-likeness (QED) is 0.636. The molecule has 1 rings (SSSR count). The summed E-state index contributed by atoms with van der Waals surface area (Å²) in [5.41, 5.74) is 3.47. The van der Waals surface area contributed by atoms with Gasteiger partial charge in [0.05, 0.1) is 21.8 Å². The summed E-state index contributed by atoms with van der Waals surface area (Å²) in [5.74, 6) is 5.99. The second-order valence-corrected chi connectivity index (χ2v) is 4.71. The van der Waals surface area contributed by atoms with Crippen LogP contribution in [0.4, 0.5) is 0 Å². The summed E-state index contributed by atoms with van der Waals surface area (Å²) in [6.45, 7) is 4.24. The number of pyridine rings is 1. The van der Waals surface area contributed by atoms with E-state index in [1.165, 1.54) is 0 Å². The van der Waals surface area contributed by atoms with Crippen molar-refractivity contribution in [2.45, 2.75) is 26.3 Å². The number of aromatic nitrogens is 1. The topological polar surface area (TPSA) is 50.9 Å². The molecular formula is C10H15Cl2N3. The van der Waals surface area contributed by atoms with E-state index >= 15 is 0 Å². The molecule has 1 aromatic heterocycles. The lowest BCUT2D eigenvalue weighted by Gasteiger charge is -2.18. The molecule has 0 aromatic carbocycles. The maximum atomic E-state index is 6.04. The Hall–Kier alpha value is -0.350. The van der Waals surface area contributed by atoms with Gasteiger partial charge in [0, 0.05) is 6.20 Å². The van der Waals surface area contributed by atoms with Crippen LogP contribution in [0.2, 0.25) is 10.0 Å². The molecular weight excluding hydrogens is 233 g/mol. The monoisotopic (exact) mass is 247 g/mol. The molecule has 0 bridgehead atoms. The molecule has 84 valence electrons. The average Bonchev–Trinajstić information content (AvgIpc) is 2.14. The third-order valence-electron chi connectivity index (χ3n) is 2.07. The highest BCUT2D eigenvalue weighted by Gasteiger charge is 2.16. The normalized spacial score (nSPS) is 13.2. The second kappa shape index (κ2) is 5.66. The summed E-state index contributed by atoms with van der Waals surface area (Å²) < 4.78 is 0. The van der Waals surface area contributed by atoms with Crippen LogP contribution in [0.25, 0.3) is 0 Å². The minimum atomic E-state index is -0.0326. The Morgan fingerprint density at radius 3 is 2.60 bits per heavy atom. The Labute approximate surface area is 99.9 Å². The van der Waals surface area contributed by atoms with E-state index in [1.807, 2.05) is 0 Å². The first-order valence-corrected chi connectivity index (χ1v) is 5.57. The van der Waals surface area contributed by atoms with Crippen molar-refractivity contribution < 1.29 is 0 Å². The first-order valence-electron chi connectivity index (χ1n) is 4.81. The predicted octanol–water partition coefficient (Wildman–Crippen LogP) is 2.94. The number of halogens is 2. The number of nitrogens with one attached hydrogen (secondary N) is 1. The van der Waals surface area contributed by atoms with E-state index in [0.29, 0.717) is 16.0 Å². The van der Waals surface area contributed by atoms with Crippen LogP contribution in [0.5, 0.6) is 0 Å². The summed E-state index contributed by atoms with van der Waals surface area (Å²) in [7, 11) is 0. The van der Waals surface area contributed by atoms with Crippen molar-refractivity contribution in [2.24, 2.45) is 11.8 Å². The third kappa shape index (κ3) is 3.61. The van der Waals surface area contributed by atoms with Gasteiger partial charge in [0.1, 0.15) is 0 Å². The number of rotatable bonds is 4. The van der Waals surface area contributed by atoms with Crippen LogP contribution in [-0.2, 0) is 0 Å². The summed E-state index contributed by atoms with van der Waals surface area (Å²) in [6, 6.07) is 1.64. The summed E-state index contributed by atoms with van der Waals surface area (Å²) in [6.07, 6.45) is 2.46. The molecule has 1 atom stereocenters. The molecule has 15 heavy (non-hydrogen) atoms. The van der Waals surface area contributed by atoms with Gasteiger partial charge in [-0.1, -0.05) is 37.0 Å². The standard InChI is InChI=1S/C10H15Cl2N3/c1-6(2)3-9(15-13)10-8(12)4-7(11)5-14-10/h4-6,9,15H,3,13H2,1-2H3. The van der Waals surface area contributed by atoms with Gasteiger partial charge in [0.25, 0.3) is 0 Å². The highest BCUT2D eigenvalue weighted by molar-refractivity contribution is 6.34. The van der Waals surface area contributed by atoms with Crippen LogP contribution < -0.4 is 11.3 Å². The van der Waals surface area contributed by atoms with Gasteiger partial charge in [-0.3, -0.25) is 16.3 Å². The van der Waals surface area contributed by atoms with Gasteiger partial charge < -0.3 is 0 Å². The average molecular weight is 248 g/mol. The molecule has 0 aliphatic carbocycles. The zero-order valence-electron chi connectivity index (χ0n) is 8.80. The Morgan fingerprint density at radius 2 is 2.13 bits per heavy atom. The van der Waals surface area contributed by atoms with E-state index in [4.69, 9.17) is 29.0 Å². The molecule has 0 aliphatic rings. The Bertz CT molecular complexity index is 328. The molecule has 0 aliphatic heterocycles. The van der Waals surface area contributed by atoms with Crippen LogP contribution in [0, 0.1) is 5.92 Å². The Balaban J connectivity index is 2.91. The van der Waals surface area contributed by atoms with Gasteiger partial charge in [0.2, 0.25) is 0 Å². The number of hydrogen-bond acceptors (Lipinski definition) is 3. The van der Waals surface area contributed by atoms with Crippen molar-refractivity contribution in [3.63, 3.8) is 0 Å². The van der Waals surface area contributed by atoms with Gasteiger partial charge in [-0.05, 0) is 18.4 Å². The lowest BCUT2D eigenvalue weighted by molar-refractivity contribution is 0.430. The number of nitrogens with zero attached hydrogens (tertiary/aromatic N) is 1. The highest BCUT2D eigenvalue weighted by Crippen LogP contribution is 2.27. The fourth-order valence-corrected chi connectivity index (χ4v) is 1.92. The molecule has 1 unspecified atom stereocenters. The summed E-state index contributed by atoms with van der Waals surface area (Å²) in [5, 5.41) is 1.08. The molecule has 5 heteroatoms. The Kier molecular flexibility index (Phi) is 4.80. The largest absolute Gasteiger partial charge is 0.271 e. The van der Waals surface area contributed by atoms with Crippen molar-refractivity contribution in [2.75, 3.05) is 0 Å². The van der Waals surface area contributed by atoms with Crippen LogP contribution in [0.1, 0.15) is 32.0 Å². The minimum Gasteiger partial charge on any atom is -0.271 e. The van der Waals surface area contributed by atoms with Crippen molar-refractivity contribution in [1.82, 2.24) is 10.4 Å². The van der Waals surface area contributed by atoms with E-state index in [-0.39, 0.29) is 6.04 Å². The molecule has 0 spiro atoms. The first-order chi connectivity index (χ1) is 7.04. The van der Waals surface area contributed by atoms with Crippen LogP contribution in [-0.4, -0.2) is 4.98 Å². The predicted molar refractivity (Wildman–Crippen MR) is 63.8 cm³/mol. The maximum Gasteiger partial charge on any atom is 0.0773 e. The third-order valence-corrected chi connectivity index (χ3v) is 2.58. The van der Waals surface area contributed by atoms with Crippen molar-refractivity contribution in [3.8, 4) is 0 Å². The van der Waals surface area contributed by atoms with Gasteiger partial charge >= 0.3 is 0 Å². The Morgan fingerprint density at radius 1 is 1.47 bits per heavy atom. The molecule has 0 fully saturated rings. The van der Waals surface area contributed by atoms with Crippen LogP contribution in [0.15, 0.2) is 12.3 Å². The number of nitrogens with two attached hydrogens (primary N) is 1. The zero-order valence-corrected chi connectivity index (χ0v) is 10.3. The fraction of sp³-hybridized carbons (Fsp3) is 0.500. The van der Waals surface area contributed by atoms with Crippen molar-refractivity contribution >= 4 is 23.2 Å². The lowest BCUT2D eigenvalue weighted by atomic mass is 10.0. The van der Waals surface area contributed by atoms with Gasteiger partial charge in [-0.25, -0.2) is 0 Å². The second-order valence-electron chi connectivity index (χ2n) is 3.87. The van der Waals surface area contributed by atoms with Crippen molar-refractivity contribution in [3.05, 3.63) is 28.0 Å². The first kappa shape index (κ1) is 12.7. The van der Waals surface area contributed by atoms with E-state index in [2.05, 4.69) is 24.3 Å². The van der Waals surface area contributed by atoms with Crippen LogP contribution in [0.3, 0.4) is 0 Å². The van der Waals surface area contributed by atoms with Crippen LogP contribution >= 0.6 is 23.2 Å². The molecule has 3 N–H and O–H groups in total. The molecule has 1 heterocycles. The summed E-state index contributed by atoms with van der Waals surface area (Å²) >= 11 is 11.8. The van der Waals surface area contributed by atoms with E-state index in [0.717, 1.165) is 12.1 Å². The lowest BCUT2D eigenvalue weighted by Crippen LogP contribution is -2.30. The maximum absolute atomic E-state index is 6.04. The molecule has 0 saturated heterocycles. The SMILES string of the molecule is CC(C)CC(NN)c1ncc(Cl)cc1Cl. The highest BCUT2D eigenvalue weighted by atomic mass is 35.5. The minimum absolute atomic E-state index is 0.0326. The molecule has 0 radical (unpaired) electrons. The number of hydrogen-bond donors (Lipinski definition) is 2. The van der Waals surface area contributed by atoms with Gasteiger partial charge in [-0.2, -0.15) is 0 Å². The zero-order chi connectivity index (χ0) is 11.4. The molecule has 0 saturated carbocycles. The van der Waals surface area contributed by atoms with E-state index < -0.39 is 0 Å². The number of hydrazine groups is 1. The smallest absolute Gasteiger partial charge is 0.0773 e. The van der Waals surface area contributed by atoms with E-state index in [9.17, 15) is 0 Å². The van der Waals surface area contributed by atoms with Crippen molar-refractivity contribution in [1.29, 1.82) is 0 Å². The van der Waals surface area contributed by atoms with Gasteiger partial charge in [0.15, 0.2) is 0 Å². The summed E-state index contributed by atoms with van der Waals surface area (Å²) in [4.78, 5) is 4.20. The molecule has 0 amide bonds. The van der Waals surface area contributed by atoms with Gasteiger partial charge in [-0.15, -0.1) is 0 Å². The van der Waals surface area contributed by atoms with E-state index in [1.54, 1.807) is 12.3 Å². The fourth-order valence-electron chi connectivity index (χ4n) is 1.41. The molecule has 3 nitrogen and oxygen atoms in total. The molecule has 1 aromatic rings.